The summed E-state index contributed by atoms with van der Waals surface area (Å²) in [6.07, 6.45) is 12.0. The number of likely N-dealkylation sites (tertiary alicyclic amines) is 1. The molecule has 2 fully saturated rings. The van der Waals surface area contributed by atoms with E-state index in [1.54, 1.807) is 6.20 Å². The molecule has 0 spiro atoms. The number of hydrogen-bond donors (Lipinski definition) is 0. The number of hydrogen-bond acceptors (Lipinski definition) is 2. The standard InChI is InChI=1S/C17H28N3.K/c1-14(2)15-4-6-16(7-5-15)19-12-8-17(9-13-19)20-11-3-10-18-20;/h10-11,14-17H,4-9,12-13H2,1-2H3;/q-1;+1. The summed E-state index contributed by atoms with van der Waals surface area (Å²) in [5.41, 5.74) is 0. The molecule has 1 saturated carbocycles. The van der Waals surface area contributed by atoms with E-state index in [9.17, 15) is 0 Å². The van der Waals surface area contributed by atoms with Crippen LogP contribution in [0.2, 0.25) is 0 Å². The van der Waals surface area contributed by atoms with Gasteiger partial charge in [0.05, 0.1) is 6.04 Å². The van der Waals surface area contributed by atoms with Crippen LogP contribution in [-0.4, -0.2) is 33.8 Å². The van der Waals surface area contributed by atoms with Gasteiger partial charge in [0.25, 0.3) is 0 Å². The summed E-state index contributed by atoms with van der Waals surface area (Å²) in [5.74, 6) is 1.85. The summed E-state index contributed by atoms with van der Waals surface area (Å²) in [4.78, 5) is 2.75. The Morgan fingerprint density at radius 2 is 1.67 bits per heavy atom. The van der Waals surface area contributed by atoms with Gasteiger partial charge in [-0.05, 0) is 50.4 Å². The van der Waals surface area contributed by atoms with Crippen molar-refractivity contribution in [3.63, 3.8) is 0 Å². The summed E-state index contributed by atoms with van der Waals surface area (Å²) >= 11 is 0. The molecule has 0 N–H and O–H groups in total. The Balaban J connectivity index is 0.00000161. The molecule has 1 aromatic heterocycles. The van der Waals surface area contributed by atoms with Crippen LogP contribution in [0.25, 0.3) is 0 Å². The molecule has 1 aromatic rings. The van der Waals surface area contributed by atoms with Crippen molar-refractivity contribution in [1.29, 1.82) is 0 Å². The van der Waals surface area contributed by atoms with E-state index in [1.165, 1.54) is 51.6 Å². The molecule has 2 aliphatic rings. The molecule has 3 nitrogen and oxygen atoms in total. The maximum absolute atomic E-state index is 4.35. The van der Waals surface area contributed by atoms with Crippen molar-refractivity contribution in [3.8, 4) is 0 Å². The molecule has 0 radical (unpaired) electrons. The van der Waals surface area contributed by atoms with Crippen molar-refractivity contribution in [1.82, 2.24) is 14.7 Å². The van der Waals surface area contributed by atoms with Crippen LogP contribution in [0.4, 0.5) is 0 Å². The zero-order valence-corrected chi connectivity index (χ0v) is 17.1. The quantitative estimate of drug-likeness (QED) is 0.600. The van der Waals surface area contributed by atoms with Gasteiger partial charge in [0, 0.05) is 19.1 Å². The van der Waals surface area contributed by atoms with Gasteiger partial charge in [0.2, 0.25) is 0 Å². The van der Waals surface area contributed by atoms with Crippen LogP contribution in [0.3, 0.4) is 0 Å². The van der Waals surface area contributed by atoms with E-state index in [2.05, 4.69) is 34.6 Å². The summed E-state index contributed by atoms with van der Waals surface area (Å²) in [5, 5.41) is 4.35. The Morgan fingerprint density at radius 3 is 2.19 bits per heavy atom. The molecule has 0 bridgehead atoms. The second kappa shape index (κ2) is 8.60. The minimum absolute atomic E-state index is 0. The fourth-order valence-electron chi connectivity index (χ4n) is 4.09. The number of nitrogens with zero attached hydrogens (tertiary/aromatic N) is 3. The van der Waals surface area contributed by atoms with Crippen LogP contribution < -0.4 is 51.4 Å². The summed E-state index contributed by atoms with van der Waals surface area (Å²) in [6.45, 7) is 7.28. The SMILES string of the molecule is CC(C)C1CCC(N2CCC(n3c[c-]cn3)CC2)CC1.[K+]. The van der Waals surface area contributed by atoms with E-state index in [0.29, 0.717) is 6.04 Å². The van der Waals surface area contributed by atoms with E-state index in [0.717, 1.165) is 17.9 Å². The van der Waals surface area contributed by atoms with Crippen LogP contribution >= 0.6 is 0 Å². The smallest absolute Gasteiger partial charge is 0.432 e. The average molecular weight is 314 g/mol. The van der Waals surface area contributed by atoms with Gasteiger partial charge in [-0.25, -0.2) is 5.10 Å². The largest absolute Gasteiger partial charge is 1.00 e. The van der Waals surface area contributed by atoms with Crippen molar-refractivity contribution in [2.24, 2.45) is 11.8 Å². The van der Waals surface area contributed by atoms with Gasteiger partial charge in [-0.15, -0.1) is 6.20 Å². The fraction of sp³-hybridized carbons (Fsp3) is 0.824. The Kier molecular flexibility index (Phi) is 7.43. The molecule has 0 aromatic carbocycles. The first-order valence-corrected chi connectivity index (χ1v) is 8.38. The average Bonchev–Trinajstić information content (AvgIpc) is 3.02. The van der Waals surface area contributed by atoms with Crippen LogP contribution in [-0.2, 0) is 0 Å². The predicted molar refractivity (Wildman–Crippen MR) is 81.5 cm³/mol. The summed E-state index contributed by atoms with van der Waals surface area (Å²) in [7, 11) is 0. The van der Waals surface area contributed by atoms with Crippen molar-refractivity contribution in [2.45, 2.75) is 64.5 Å². The fourth-order valence-corrected chi connectivity index (χ4v) is 4.09. The van der Waals surface area contributed by atoms with Crippen molar-refractivity contribution >= 4 is 0 Å². The third-order valence-corrected chi connectivity index (χ3v) is 5.55. The van der Waals surface area contributed by atoms with Gasteiger partial charge in [-0.3, -0.25) is 0 Å². The van der Waals surface area contributed by atoms with E-state index >= 15 is 0 Å². The first-order chi connectivity index (χ1) is 9.74. The van der Waals surface area contributed by atoms with E-state index in [1.807, 2.05) is 6.20 Å². The molecule has 0 atom stereocenters. The number of piperidine rings is 1. The van der Waals surface area contributed by atoms with Crippen molar-refractivity contribution in [2.75, 3.05) is 13.1 Å². The van der Waals surface area contributed by atoms with Crippen molar-refractivity contribution in [3.05, 3.63) is 18.5 Å². The molecule has 0 unspecified atom stereocenters. The Hall–Kier alpha value is 0.806. The van der Waals surface area contributed by atoms with E-state index in [4.69, 9.17) is 0 Å². The first kappa shape index (κ1) is 18.1. The molecule has 4 heteroatoms. The molecular formula is C17H28KN3. The van der Waals surface area contributed by atoms with Gasteiger partial charge in [0.1, 0.15) is 0 Å². The minimum atomic E-state index is 0. The molecule has 0 amide bonds. The zero-order chi connectivity index (χ0) is 13.9. The maximum Gasteiger partial charge on any atom is 1.00 e. The Labute approximate surface area is 172 Å². The van der Waals surface area contributed by atoms with E-state index in [-0.39, 0.29) is 51.4 Å². The number of aromatic nitrogens is 2. The second-order valence-corrected chi connectivity index (χ2v) is 7.00. The van der Waals surface area contributed by atoms with Gasteiger partial charge in [0.15, 0.2) is 0 Å². The van der Waals surface area contributed by atoms with Gasteiger partial charge in [-0.2, -0.15) is 6.20 Å². The molecule has 1 aliphatic carbocycles. The zero-order valence-electron chi connectivity index (χ0n) is 14.0. The molecule has 2 heterocycles. The van der Waals surface area contributed by atoms with Crippen LogP contribution in [0.1, 0.15) is 58.4 Å². The van der Waals surface area contributed by atoms with Gasteiger partial charge < -0.3 is 15.6 Å². The minimum Gasteiger partial charge on any atom is -0.432 e. The van der Waals surface area contributed by atoms with Gasteiger partial charge in [-0.1, -0.05) is 13.8 Å². The van der Waals surface area contributed by atoms with Crippen LogP contribution in [0.15, 0.2) is 12.4 Å². The Morgan fingerprint density at radius 1 is 1.00 bits per heavy atom. The molecule has 112 valence electrons. The monoisotopic (exact) mass is 313 g/mol. The third-order valence-electron chi connectivity index (χ3n) is 5.55. The van der Waals surface area contributed by atoms with Gasteiger partial charge >= 0.3 is 51.4 Å². The molecule has 1 aliphatic heterocycles. The number of rotatable bonds is 3. The van der Waals surface area contributed by atoms with Crippen LogP contribution in [0, 0.1) is 17.9 Å². The van der Waals surface area contributed by atoms with E-state index < -0.39 is 0 Å². The summed E-state index contributed by atoms with van der Waals surface area (Å²) in [6, 6.07) is 4.51. The first-order valence-electron chi connectivity index (χ1n) is 8.38. The van der Waals surface area contributed by atoms with Crippen LogP contribution in [0.5, 0.6) is 0 Å². The Bertz CT molecular complexity index is 388. The predicted octanol–water partition coefficient (Wildman–Crippen LogP) is 0.539. The molecule has 1 saturated heterocycles. The van der Waals surface area contributed by atoms with Crippen molar-refractivity contribution < 1.29 is 51.4 Å². The third kappa shape index (κ3) is 4.64. The topological polar surface area (TPSA) is 21.1 Å². The second-order valence-electron chi connectivity index (χ2n) is 7.00. The molecular weight excluding hydrogens is 285 g/mol. The molecule has 21 heavy (non-hydrogen) atoms. The molecule has 3 rings (SSSR count). The maximum atomic E-state index is 4.35. The summed E-state index contributed by atoms with van der Waals surface area (Å²) < 4.78 is 2.10. The normalized spacial score (nSPS) is 28.5.